The van der Waals surface area contributed by atoms with Gasteiger partial charge in [0.2, 0.25) is 23.6 Å². The Balaban J connectivity index is 0.00000231. The molecule has 4 atom stereocenters. The number of benzene rings is 2. The van der Waals surface area contributed by atoms with Gasteiger partial charge in [0.15, 0.2) is 5.96 Å². The van der Waals surface area contributed by atoms with Crippen molar-refractivity contribution in [1.29, 1.82) is 0 Å². The summed E-state index contributed by atoms with van der Waals surface area (Å²) in [6.45, 7) is 3.35. The van der Waals surface area contributed by atoms with Crippen molar-refractivity contribution in [2.75, 3.05) is 6.54 Å². The van der Waals surface area contributed by atoms with Crippen molar-refractivity contribution in [3.05, 3.63) is 102 Å². The summed E-state index contributed by atoms with van der Waals surface area (Å²) in [5.74, 6) is -3.14. The van der Waals surface area contributed by atoms with Crippen molar-refractivity contribution in [2.45, 2.75) is 89.5 Å². The Morgan fingerprint density at radius 2 is 1.32 bits per heavy atom. The predicted molar refractivity (Wildman–Crippen MR) is 203 cm³/mol. The van der Waals surface area contributed by atoms with Crippen LogP contribution in [0.4, 0.5) is 0 Å². The molecule has 3 rings (SSSR count). The number of aliphatic carboxylic acids is 1. The third-order valence-electron chi connectivity index (χ3n) is 8.03. The van der Waals surface area contributed by atoms with Crippen LogP contribution in [0.15, 0.2) is 90.2 Å². The topological polar surface area (TPSA) is 262 Å². The number of carboxylic acids is 1. The number of rotatable bonds is 20. The van der Waals surface area contributed by atoms with E-state index < -0.39 is 53.8 Å². The molecular weight excluding hydrogens is 678 g/mol. The molecule has 15 heteroatoms. The molecule has 3 aromatic rings. The van der Waals surface area contributed by atoms with Crippen molar-refractivity contribution in [3.8, 4) is 0 Å². The Bertz CT molecular complexity index is 1600. The Kier molecular flexibility index (Phi) is 19.3. The van der Waals surface area contributed by atoms with Crippen LogP contribution >= 0.6 is 0 Å². The molecule has 0 radical (unpaired) electrons. The maximum Gasteiger partial charge on any atom is 0.300 e. The standard InChI is InChI=1S/C36H49N9O4.C2H4O2/c1-2-3-15-29(35(49)45(24-27-17-20-41-21-18-27)31(32(38)46)16-10-19-42-36(39)40)43-34(48)30(23-26-13-8-5-9-14-26)44-33(47)28(37)22-25-11-6-4-7-12-25;1-2(3)4/h4-9,11-14,17-18,20-21,28-31H,2-3,10,15-16,19,22-24,37H2,1H3,(H2,38,46)(H,43,48)(H,44,47)(H4,39,40,42);1H3,(H,3,4)/t28-,29-,30-,31-;/m1./s1. The fourth-order valence-electron chi connectivity index (χ4n) is 5.41. The fraction of sp³-hybridized carbons (Fsp3) is 0.395. The van der Waals surface area contributed by atoms with Gasteiger partial charge in [-0.15, -0.1) is 0 Å². The number of nitrogens with one attached hydrogen (secondary N) is 2. The number of hydrogen-bond donors (Lipinski definition) is 7. The van der Waals surface area contributed by atoms with Gasteiger partial charge in [-0.2, -0.15) is 0 Å². The summed E-state index contributed by atoms with van der Waals surface area (Å²) in [5.41, 5.74) is 25.5. The molecule has 286 valence electrons. The minimum atomic E-state index is -1.03. The summed E-state index contributed by atoms with van der Waals surface area (Å²) < 4.78 is 0. The molecule has 0 saturated heterocycles. The molecule has 53 heavy (non-hydrogen) atoms. The third-order valence-corrected chi connectivity index (χ3v) is 8.03. The highest BCUT2D eigenvalue weighted by atomic mass is 16.4. The molecule has 1 heterocycles. The van der Waals surface area contributed by atoms with Crippen LogP contribution in [0.2, 0.25) is 0 Å². The first-order valence-electron chi connectivity index (χ1n) is 17.5. The number of carbonyl (C=O) groups is 5. The van der Waals surface area contributed by atoms with Crippen LogP contribution in [-0.4, -0.2) is 81.3 Å². The molecule has 0 aliphatic carbocycles. The minimum Gasteiger partial charge on any atom is -0.481 e. The average Bonchev–Trinajstić information content (AvgIpc) is 3.12. The number of guanidine groups is 1. The highest BCUT2D eigenvalue weighted by molar-refractivity contribution is 5.94. The van der Waals surface area contributed by atoms with Gasteiger partial charge in [-0.25, -0.2) is 0 Å². The number of carboxylic acid groups (broad SMARTS) is 1. The van der Waals surface area contributed by atoms with Gasteiger partial charge in [0.05, 0.1) is 6.04 Å². The summed E-state index contributed by atoms with van der Waals surface area (Å²) in [6.07, 6.45) is 5.87. The van der Waals surface area contributed by atoms with Crippen LogP contribution in [0.5, 0.6) is 0 Å². The monoisotopic (exact) mass is 731 g/mol. The van der Waals surface area contributed by atoms with E-state index in [-0.39, 0.29) is 38.3 Å². The van der Waals surface area contributed by atoms with Gasteiger partial charge in [-0.3, -0.25) is 33.9 Å². The molecule has 0 spiro atoms. The van der Waals surface area contributed by atoms with E-state index in [0.29, 0.717) is 19.3 Å². The molecule has 0 aliphatic heterocycles. The van der Waals surface area contributed by atoms with Crippen molar-refractivity contribution in [3.63, 3.8) is 0 Å². The Morgan fingerprint density at radius 3 is 1.85 bits per heavy atom. The number of nitrogens with zero attached hydrogens (tertiary/aromatic N) is 3. The zero-order valence-electron chi connectivity index (χ0n) is 30.4. The van der Waals surface area contributed by atoms with Gasteiger partial charge in [-0.1, -0.05) is 80.4 Å². The first-order chi connectivity index (χ1) is 25.3. The zero-order valence-corrected chi connectivity index (χ0v) is 30.4. The molecule has 0 unspecified atom stereocenters. The van der Waals surface area contributed by atoms with Crippen molar-refractivity contribution >= 4 is 35.6 Å². The van der Waals surface area contributed by atoms with Crippen LogP contribution in [-0.2, 0) is 43.4 Å². The second-order valence-corrected chi connectivity index (χ2v) is 12.5. The molecule has 2 aromatic carbocycles. The number of aromatic nitrogens is 1. The lowest BCUT2D eigenvalue weighted by Crippen LogP contribution is -2.58. The lowest BCUT2D eigenvalue weighted by molar-refractivity contribution is -0.144. The van der Waals surface area contributed by atoms with Gasteiger partial charge in [-0.05, 0) is 54.5 Å². The fourth-order valence-corrected chi connectivity index (χ4v) is 5.41. The van der Waals surface area contributed by atoms with E-state index in [2.05, 4.69) is 20.6 Å². The summed E-state index contributed by atoms with van der Waals surface area (Å²) in [4.78, 5) is 73.0. The van der Waals surface area contributed by atoms with E-state index in [9.17, 15) is 19.2 Å². The van der Waals surface area contributed by atoms with Crippen LogP contribution in [0.25, 0.3) is 0 Å². The quantitative estimate of drug-likeness (QED) is 0.0499. The largest absolute Gasteiger partial charge is 0.481 e. The number of amides is 4. The van der Waals surface area contributed by atoms with Crippen LogP contribution < -0.4 is 33.6 Å². The van der Waals surface area contributed by atoms with E-state index in [0.717, 1.165) is 30.0 Å². The Morgan fingerprint density at radius 1 is 0.774 bits per heavy atom. The highest BCUT2D eigenvalue weighted by Gasteiger charge is 2.35. The van der Waals surface area contributed by atoms with Gasteiger partial charge < -0.3 is 43.6 Å². The molecule has 0 saturated carbocycles. The minimum absolute atomic E-state index is 0.0499. The van der Waals surface area contributed by atoms with E-state index >= 15 is 0 Å². The average molecular weight is 732 g/mol. The maximum absolute atomic E-state index is 14.4. The molecule has 0 bridgehead atoms. The first-order valence-corrected chi connectivity index (χ1v) is 17.5. The van der Waals surface area contributed by atoms with Crippen LogP contribution in [0, 0.1) is 0 Å². The summed E-state index contributed by atoms with van der Waals surface area (Å²) in [5, 5.41) is 13.1. The molecule has 0 fully saturated rings. The molecule has 1 aromatic heterocycles. The SMILES string of the molecule is CC(=O)O.CCCC[C@@H](NC(=O)[C@@H](Cc1ccccc1)NC(=O)[C@H](N)Cc1ccccc1)C(=O)N(Cc1ccncc1)[C@H](CCCN=C(N)N)C(N)=O. The molecule has 4 amide bonds. The molecule has 0 aliphatic rings. The van der Waals surface area contributed by atoms with Crippen molar-refractivity contribution in [2.24, 2.45) is 27.9 Å². The van der Waals surface area contributed by atoms with Crippen molar-refractivity contribution < 1.29 is 29.1 Å². The predicted octanol–water partition coefficient (Wildman–Crippen LogP) is 1.38. The molecule has 15 nitrogen and oxygen atoms in total. The van der Waals surface area contributed by atoms with E-state index in [1.165, 1.54) is 4.90 Å². The normalized spacial score (nSPS) is 12.7. The summed E-state index contributed by atoms with van der Waals surface area (Å²) in [6, 6.07) is 18.1. The third kappa shape index (κ3) is 16.8. The number of nitrogens with two attached hydrogens (primary N) is 4. The highest BCUT2D eigenvalue weighted by Crippen LogP contribution is 2.17. The number of primary amides is 1. The van der Waals surface area contributed by atoms with Crippen LogP contribution in [0.3, 0.4) is 0 Å². The van der Waals surface area contributed by atoms with Gasteiger partial charge in [0.1, 0.15) is 18.1 Å². The second-order valence-electron chi connectivity index (χ2n) is 12.5. The second kappa shape index (κ2) is 23.6. The number of carbonyl (C=O) groups excluding carboxylic acids is 4. The van der Waals surface area contributed by atoms with Gasteiger partial charge in [0.25, 0.3) is 5.97 Å². The number of aliphatic imine (C=N–C) groups is 1. The first kappa shape index (κ1) is 43.3. The van der Waals surface area contributed by atoms with Crippen LogP contribution in [0.1, 0.15) is 62.6 Å². The molecular formula is C38H53N9O6. The summed E-state index contributed by atoms with van der Waals surface area (Å²) in [7, 11) is 0. The smallest absolute Gasteiger partial charge is 0.300 e. The van der Waals surface area contributed by atoms with E-state index in [1.807, 2.05) is 67.6 Å². The number of unbranched alkanes of at least 4 members (excludes halogenated alkanes) is 1. The lowest BCUT2D eigenvalue weighted by atomic mass is 10.0. The van der Waals surface area contributed by atoms with E-state index in [1.54, 1.807) is 24.5 Å². The van der Waals surface area contributed by atoms with Crippen molar-refractivity contribution in [1.82, 2.24) is 20.5 Å². The number of hydrogen-bond acceptors (Lipinski definition) is 8. The Labute approximate surface area is 310 Å². The van der Waals surface area contributed by atoms with Gasteiger partial charge >= 0.3 is 0 Å². The maximum atomic E-state index is 14.4. The van der Waals surface area contributed by atoms with Gasteiger partial charge in [0, 0.05) is 38.8 Å². The lowest BCUT2D eigenvalue weighted by Gasteiger charge is -2.34. The number of pyridine rings is 1. The molecule has 11 N–H and O–H groups in total. The van der Waals surface area contributed by atoms with E-state index in [4.69, 9.17) is 32.8 Å². The Hall–Kier alpha value is -5.83. The summed E-state index contributed by atoms with van der Waals surface area (Å²) >= 11 is 0. The zero-order chi connectivity index (χ0) is 39.2.